The minimum absolute atomic E-state index is 0. The number of phenols is 2. The van der Waals surface area contributed by atoms with Gasteiger partial charge in [0.05, 0.1) is 37.0 Å². The monoisotopic (exact) mass is 712 g/mol. The number of phenolic OH excluding ortho intramolecular Hbond substituents is 2. The molecular weight excluding hydrogens is 675 g/mol. The second kappa shape index (κ2) is 22.0. The first-order valence-corrected chi connectivity index (χ1v) is 14.2. The van der Waals surface area contributed by atoms with Crippen molar-refractivity contribution in [3.8, 4) is 56.9 Å². The maximum atomic E-state index is 10.8. The number of aromatic hydroxyl groups is 2. The molecule has 258 valence electrons. The molecular formula is C36H37MnN2O10. The Labute approximate surface area is 295 Å². The van der Waals surface area contributed by atoms with E-state index < -0.39 is 17.9 Å². The van der Waals surface area contributed by atoms with Crippen LogP contribution in [0.1, 0.15) is 31.9 Å². The van der Waals surface area contributed by atoms with Crippen molar-refractivity contribution in [3.63, 3.8) is 0 Å². The molecule has 4 rings (SSSR count). The smallest absolute Gasteiger partial charge is 0.550 e. The summed E-state index contributed by atoms with van der Waals surface area (Å²) in [7, 11) is 3.04. The number of benzene rings is 2. The van der Waals surface area contributed by atoms with Crippen molar-refractivity contribution in [1.82, 2.24) is 9.97 Å². The van der Waals surface area contributed by atoms with Gasteiger partial charge in [0.1, 0.15) is 0 Å². The zero-order valence-corrected chi connectivity index (χ0v) is 28.9. The standard InChI is InChI=1S/C30H28N2O4.3C2H4O2.Mn/c1-5-9-19-15-21(29(33)27(17-19)35-3)23-11-7-13-25(31-23)26-14-8-12-24(32-26)22-16-20(10-6-2)18-28(36-4)30(22)34;3*1-2(3)4;/h5-8,11-18,33-34H,1-2,9-10H2,3-4H3;3*1H3,(H,3,4);/q;;;;+3/p-3. The van der Waals surface area contributed by atoms with Crippen LogP contribution in [0.15, 0.2) is 86.0 Å². The number of pyridine rings is 2. The number of allylic oxidation sites excluding steroid dienone is 2. The zero-order valence-electron chi connectivity index (χ0n) is 27.7. The van der Waals surface area contributed by atoms with Crippen LogP contribution in [-0.4, -0.2) is 52.3 Å². The summed E-state index contributed by atoms with van der Waals surface area (Å²) in [4.78, 5) is 36.2. The molecule has 2 aromatic carbocycles. The summed E-state index contributed by atoms with van der Waals surface area (Å²) >= 11 is 0. The third-order valence-corrected chi connectivity index (χ3v) is 5.78. The van der Waals surface area contributed by atoms with Gasteiger partial charge in [-0.2, -0.15) is 0 Å². The number of carbonyl (C=O) groups excluding carboxylic acids is 3. The second-order valence-corrected chi connectivity index (χ2v) is 9.66. The number of methoxy groups -OCH3 is 2. The summed E-state index contributed by atoms with van der Waals surface area (Å²) in [5.41, 5.74) is 5.42. The van der Waals surface area contributed by atoms with Crippen LogP contribution in [0.3, 0.4) is 0 Å². The summed E-state index contributed by atoms with van der Waals surface area (Å²) in [6, 6.07) is 18.4. The number of carbonyl (C=O) groups is 3. The Bertz CT molecular complexity index is 1590. The molecule has 2 aromatic heterocycles. The fraction of sp³-hybridized carbons (Fsp3) is 0.194. The number of hydrogen-bond acceptors (Lipinski definition) is 12. The summed E-state index contributed by atoms with van der Waals surface area (Å²) in [6.45, 7) is 10.5. The van der Waals surface area contributed by atoms with Gasteiger partial charge in [0, 0.05) is 29.0 Å². The number of nitrogens with zero attached hydrogens (tertiary/aromatic N) is 2. The summed E-state index contributed by atoms with van der Waals surface area (Å²) in [5, 5.41) is 48.2. The number of carboxylic acids is 3. The topological polar surface area (TPSA) is 205 Å². The third-order valence-electron chi connectivity index (χ3n) is 5.78. The molecule has 12 nitrogen and oxygen atoms in total. The second-order valence-electron chi connectivity index (χ2n) is 9.66. The molecule has 0 spiro atoms. The summed E-state index contributed by atoms with van der Waals surface area (Å²) in [6.07, 6.45) is 4.85. The Hall–Kier alpha value is -5.65. The van der Waals surface area contributed by atoms with E-state index in [-0.39, 0.29) is 28.6 Å². The Morgan fingerprint density at radius 3 is 1.20 bits per heavy atom. The van der Waals surface area contributed by atoms with Crippen molar-refractivity contribution in [2.75, 3.05) is 14.2 Å². The fourth-order valence-corrected chi connectivity index (χ4v) is 4.06. The number of aliphatic carboxylic acids is 3. The van der Waals surface area contributed by atoms with Gasteiger partial charge in [-0.25, -0.2) is 9.97 Å². The molecule has 4 aromatic rings. The largest absolute Gasteiger partial charge is 3.00 e. The van der Waals surface area contributed by atoms with Crippen LogP contribution in [0.2, 0.25) is 0 Å². The van der Waals surface area contributed by atoms with Crippen LogP contribution >= 0.6 is 0 Å². The number of hydrogen-bond donors (Lipinski definition) is 2. The van der Waals surface area contributed by atoms with Gasteiger partial charge in [-0.1, -0.05) is 24.3 Å². The molecule has 0 saturated heterocycles. The minimum atomic E-state index is -1.08. The molecule has 0 aliphatic carbocycles. The van der Waals surface area contributed by atoms with Gasteiger partial charge in [0.15, 0.2) is 23.0 Å². The maximum Gasteiger partial charge on any atom is 3.00 e. The van der Waals surface area contributed by atoms with Gasteiger partial charge < -0.3 is 49.4 Å². The number of aromatic nitrogens is 2. The van der Waals surface area contributed by atoms with Crippen LogP contribution in [0.25, 0.3) is 33.9 Å². The van der Waals surface area contributed by atoms with Crippen LogP contribution < -0.4 is 24.8 Å². The van der Waals surface area contributed by atoms with Gasteiger partial charge in [0.2, 0.25) is 0 Å². The summed E-state index contributed by atoms with van der Waals surface area (Å²) < 4.78 is 10.7. The summed E-state index contributed by atoms with van der Waals surface area (Å²) in [5.74, 6) is -2.46. The van der Waals surface area contributed by atoms with E-state index in [1.165, 1.54) is 14.2 Å². The average molecular weight is 713 g/mol. The van der Waals surface area contributed by atoms with E-state index in [0.29, 0.717) is 58.2 Å². The third kappa shape index (κ3) is 14.8. The van der Waals surface area contributed by atoms with Crippen LogP contribution in [0, 0.1) is 0 Å². The van der Waals surface area contributed by atoms with Crippen molar-refractivity contribution in [2.24, 2.45) is 0 Å². The van der Waals surface area contributed by atoms with E-state index >= 15 is 0 Å². The number of rotatable bonds is 9. The van der Waals surface area contributed by atoms with E-state index in [1.54, 1.807) is 24.3 Å². The Balaban J connectivity index is 0.00000154. The van der Waals surface area contributed by atoms with Crippen molar-refractivity contribution in [1.29, 1.82) is 0 Å². The molecule has 0 radical (unpaired) electrons. The molecule has 0 unspecified atom stereocenters. The quantitative estimate of drug-likeness (QED) is 0.190. The molecule has 0 fully saturated rings. The van der Waals surface area contributed by atoms with Crippen molar-refractivity contribution in [2.45, 2.75) is 33.6 Å². The van der Waals surface area contributed by atoms with Crippen LogP contribution in [0.5, 0.6) is 23.0 Å². The van der Waals surface area contributed by atoms with Gasteiger partial charge in [-0.3, -0.25) is 0 Å². The molecule has 2 heterocycles. The SMILES string of the molecule is C=CCc1cc(OC)c(O)c(-c2cccc(-c3cccc(-c4cc(CC=C)cc(OC)c4O)n3)n2)c1.CC(=O)[O-].CC(=O)[O-].CC(=O)[O-].[Mn+3]. The Morgan fingerprint density at radius 2 is 0.939 bits per heavy atom. The van der Waals surface area contributed by atoms with E-state index in [2.05, 4.69) is 13.2 Å². The first-order valence-electron chi connectivity index (χ1n) is 14.2. The molecule has 0 atom stereocenters. The molecule has 0 aliphatic rings. The van der Waals surface area contributed by atoms with Gasteiger partial charge >= 0.3 is 17.1 Å². The number of ether oxygens (including phenoxy) is 2. The van der Waals surface area contributed by atoms with E-state index in [1.807, 2.05) is 48.5 Å². The van der Waals surface area contributed by atoms with E-state index in [9.17, 15) is 10.2 Å². The average Bonchev–Trinajstić information content (AvgIpc) is 3.02. The molecule has 13 heteroatoms. The van der Waals surface area contributed by atoms with Crippen molar-refractivity contribution >= 4 is 17.9 Å². The zero-order chi connectivity index (χ0) is 36.4. The van der Waals surface area contributed by atoms with Crippen molar-refractivity contribution < 1.29 is 66.5 Å². The molecule has 0 saturated carbocycles. The predicted octanol–water partition coefficient (Wildman–Crippen LogP) is 2.63. The molecule has 49 heavy (non-hydrogen) atoms. The Kier molecular flexibility index (Phi) is 19.5. The molecule has 0 amide bonds. The van der Waals surface area contributed by atoms with Gasteiger partial charge in [-0.15, -0.1) is 13.2 Å². The van der Waals surface area contributed by atoms with E-state index in [0.717, 1.165) is 31.9 Å². The van der Waals surface area contributed by atoms with Gasteiger partial charge in [0.25, 0.3) is 0 Å². The first kappa shape index (κ1) is 43.3. The fourth-order valence-electron chi connectivity index (χ4n) is 4.06. The van der Waals surface area contributed by atoms with Gasteiger partial charge in [-0.05, 0) is 93.3 Å². The van der Waals surface area contributed by atoms with Crippen LogP contribution in [0.4, 0.5) is 0 Å². The first-order chi connectivity index (χ1) is 22.7. The molecule has 0 bridgehead atoms. The maximum absolute atomic E-state index is 10.8. The van der Waals surface area contributed by atoms with E-state index in [4.69, 9.17) is 49.1 Å². The minimum Gasteiger partial charge on any atom is -0.550 e. The molecule has 2 N–H and O–H groups in total. The van der Waals surface area contributed by atoms with Crippen LogP contribution in [-0.2, 0) is 44.3 Å². The molecule has 0 aliphatic heterocycles. The van der Waals surface area contributed by atoms with Crippen molar-refractivity contribution in [3.05, 3.63) is 97.1 Å². The Morgan fingerprint density at radius 1 is 0.653 bits per heavy atom. The number of carboxylic acid groups (broad SMARTS) is 3. The predicted molar refractivity (Wildman–Crippen MR) is 175 cm³/mol. The normalized spacial score (nSPS) is 9.33.